The van der Waals surface area contributed by atoms with Crippen molar-refractivity contribution in [3.63, 3.8) is 0 Å². The highest BCUT2D eigenvalue weighted by Crippen LogP contribution is 2.25. The molecule has 1 aliphatic heterocycles. The highest BCUT2D eigenvalue weighted by atomic mass is 16.6. The van der Waals surface area contributed by atoms with E-state index in [4.69, 9.17) is 10.00 Å². The summed E-state index contributed by atoms with van der Waals surface area (Å²) in [6.45, 7) is 6.24. The van der Waals surface area contributed by atoms with Crippen molar-refractivity contribution in [2.45, 2.75) is 45.7 Å². The lowest BCUT2D eigenvalue weighted by Gasteiger charge is -2.38. The number of hydrogen-bond acceptors (Lipinski definition) is 3. The van der Waals surface area contributed by atoms with Gasteiger partial charge in [-0.25, -0.2) is 4.79 Å². The number of nitrogens with zero attached hydrogens (tertiary/aromatic N) is 3. The van der Waals surface area contributed by atoms with Crippen molar-refractivity contribution in [3.8, 4) is 6.07 Å². The first-order valence-electron chi connectivity index (χ1n) is 9.33. The summed E-state index contributed by atoms with van der Waals surface area (Å²) in [6, 6.07) is 10.2. The number of likely N-dealkylation sites (tertiary alicyclic amines) is 1. The summed E-state index contributed by atoms with van der Waals surface area (Å²) in [7, 11) is 0. The van der Waals surface area contributed by atoms with E-state index in [2.05, 4.69) is 42.7 Å². The van der Waals surface area contributed by atoms with Crippen LogP contribution in [0, 0.1) is 11.3 Å². The highest BCUT2D eigenvalue weighted by Gasteiger charge is 2.31. The van der Waals surface area contributed by atoms with Gasteiger partial charge in [0, 0.05) is 29.7 Å². The van der Waals surface area contributed by atoms with Crippen LogP contribution in [-0.4, -0.2) is 34.8 Å². The second-order valence-corrected chi connectivity index (χ2v) is 6.58. The largest absolute Gasteiger partial charge is 0.449 e. The number of rotatable bonds is 6. The highest BCUT2D eigenvalue weighted by molar-refractivity contribution is 5.85. The van der Waals surface area contributed by atoms with Gasteiger partial charge in [-0.05, 0) is 44.0 Å². The Labute approximate surface area is 154 Å². The Bertz CT molecular complexity index is 860. The predicted octanol–water partition coefficient (Wildman–Crippen LogP) is 4.56. The number of hydrogen-bond donors (Lipinski definition) is 0. The van der Waals surface area contributed by atoms with Crippen LogP contribution in [0.4, 0.5) is 4.79 Å². The normalized spacial score (nSPS) is 16.7. The lowest BCUT2D eigenvalue weighted by molar-refractivity contribution is 0.0618. The number of unbranched alkanes of at least 4 members (excludes halogenated alkanes) is 1. The Morgan fingerprint density at radius 2 is 2.23 bits per heavy atom. The average molecular weight is 351 g/mol. The number of amides is 1. The molecular weight excluding hydrogens is 326 g/mol. The van der Waals surface area contributed by atoms with Crippen LogP contribution in [0.1, 0.15) is 44.4 Å². The molecule has 0 spiro atoms. The fourth-order valence-corrected chi connectivity index (χ4v) is 3.27. The van der Waals surface area contributed by atoms with Crippen LogP contribution < -0.4 is 0 Å². The first-order valence-corrected chi connectivity index (χ1v) is 9.33. The van der Waals surface area contributed by atoms with E-state index < -0.39 is 0 Å². The summed E-state index contributed by atoms with van der Waals surface area (Å²) >= 11 is 0. The number of fused-ring (bicyclic) bond motifs is 1. The van der Waals surface area contributed by atoms with Gasteiger partial charge in [-0.15, -0.1) is 0 Å². The fraction of sp³-hybridized carbons (Fsp3) is 0.429. The van der Waals surface area contributed by atoms with Crippen LogP contribution in [0.2, 0.25) is 0 Å². The van der Waals surface area contributed by atoms with Crippen molar-refractivity contribution >= 4 is 23.1 Å². The molecule has 1 aromatic heterocycles. The smallest absolute Gasteiger partial charge is 0.410 e. The number of nitriles is 1. The Hall–Kier alpha value is -2.74. The topological polar surface area (TPSA) is 58.3 Å². The van der Waals surface area contributed by atoms with E-state index in [-0.39, 0.29) is 12.1 Å². The molecule has 136 valence electrons. The minimum atomic E-state index is -0.214. The lowest BCUT2D eigenvalue weighted by atomic mass is 10.0. The summed E-state index contributed by atoms with van der Waals surface area (Å²) < 4.78 is 7.49. The van der Waals surface area contributed by atoms with Gasteiger partial charge in [0.25, 0.3) is 0 Å². The Balaban J connectivity index is 1.74. The van der Waals surface area contributed by atoms with E-state index in [0.717, 1.165) is 48.9 Å². The van der Waals surface area contributed by atoms with Gasteiger partial charge >= 0.3 is 6.09 Å². The monoisotopic (exact) mass is 351 g/mol. The Kier molecular flexibility index (Phi) is 5.62. The summed E-state index contributed by atoms with van der Waals surface area (Å²) in [5.74, 6) is 0. The first-order chi connectivity index (χ1) is 12.7. The quantitative estimate of drug-likeness (QED) is 0.717. The fourth-order valence-electron chi connectivity index (χ4n) is 3.27. The molecule has 0 unspecified atom stereocenters. The van der Waals surface area contributed by atoms with Crippen LogP contribution >= 0.6 is 0 Å². The van der Waals surface area contributed by atoms with Crippen LogP contribution in [0.25, 0.3) is 17.0 Å². The zero-order chi connectivity index (χ0) is 18.5. The van der Waals surface area contributed by atoms with Gasteiger partial charge < -0.3 is 14.2 Å². The zero-order valence-electron chi connectivity index (χ0n) is 15.4. The van der Waals surface area contributed by atoms with Crippen molar-refractivity contribution < 1.29 is 9.53 Å². The number of carbonyl (C=O) groups is 1. The zero-order valence-corrected chi connectivity index (χ0v) is 15.4. The molecule has 0 N–H and O–H groups in total. The standard InChI is InChI=1S/C21H25N3O2/c1-3-5-12-26-21(25)24-11-10-18(24)8-9-19-14-17-7-6-16(15-22)13-20(17)23(19)4-2/h6-9,13-14,18H,3-5,10-12H2,1-2H3/t18-/m1/s1. The molecule has 0 radical (unpaired) electrons. The Morgan fingerprint density at radius 1 is 1.38 bits per heavy atom. The summed E-state index contributed by atoms with van der Waals surface area (Å²) in [5.41, 5.74) is 2.82. The van der Waals surface area contributed by atoms with Crippen LogP contribution in [0.3, 0.4) is 0 Å². The average Bonchev–Trinajstić information content (AvgIpc) is 2.97. The van der Waals surface area contributed by atoms with Gasteiger partial charge in [-0.1, -0.05) is 25.5 Å². The number of aromatic nitrogens is 1. The maximum atomic E-state index is 12.1. The maximum Gasteiger partial charge on any atom is 0.410 e. The number of carbonyl (C=O) groups excluding carboxylic acids is 1. The molecule has 5 nitrogen and oxygen atoms in total. The van der Waals surface area contributed by atoms with E-state index in [0.29, 0.717) is 12.2 Å². The van der Waals surface area contributed by atoms with Gasteiger partial charge in [-0.3, -0.25) is 0 Å². The predicted molar refractivity (Wildman–Crippen MR) is 103 cm³/mol. The third-order valence-electron chi connectivity index (χ3n) is 4.89. The minimum absolute atomic E-state index is 0.0992. The third kappa shape index (κ3) is 3.60. The Morgan fingerprint density at radius 3 is 2.88 bits per heavy atom. The van der Waals surface area contributed by atoms with Crippen molar-refractivity contribution in [2.24, 2.45) is 0 Å². The number of benzene rings is 1. The molecule has 0 aliphatic carbocycles. The van der Waals surface area contributed by atoms with Crippen molar-refractivity contribution in [2.75, 3.05) is 13.2 Å². The van der Waals surface area contributed by atoms with Crippen LogP contribution in [0.15, 0.2) is 30.3 Å². The number of aryl methyl sites for hydroxylation is 1. The van der Waals surface area contributed by atoms with Gasteiger partial charge in [0.05, 0.1) is 24.3 Å². The lowest BCUT2D eigenvalue weighted by Crippen LogP contribution is -2.50. The van der Waals surface area contributed by atoms with Crippen LogP contribution in [0.5, 0.6) is 0 Å². The summed E-state index contributed by atoms with van der Waals surface area (Å²) in [5, 5.41) is 10.2. The van der Waals surface area contributed by atoms with Gasteiger partial charge in [0.15, 0.2) is 0 Å². The van der Waals surface area contributed by atoms with Crippen LogP contribution in [-0.2, 0) is 11.3 Å². The molecule has 2 heterocycles. The second-order valence-electron chi connectivity index (χ2n) is 6.58. The van der Waals surface area contributed by atoms with Gasteiger partial charge in [0.1, 0.15) is 0 Å². The molecule has 3 rings (SSSR count). The molecule has 0 saturated carbocycles. The SMILES string of the molecule is CCCCOC(=O)N1CC[C@H]1C=Cc1cc2ccc(C#N)cc2n1CC. The first kappa shape index (κ1) is 18.1. The van der Waals surface area contributed by atoms with E-state index >= 15 is 0 Å². The van der Waals surface area contributed by atoms with Crippen molar-refractivity contribution in [1.82, 2.24) is 9.47 Å². The molecule has 2 aromatic rings. The number of ether oxygens (including phenoxy) is 1. The van der Waals surface area contributed by atoms with Gasteiger partial charge in [-0.2, -0.15) is 5.26 Å². The molecule has 1 aliphatic rings. The molecular formula is C21H25N3O2. The molecule has 1 saturated heterocycles. The van der Waals surface area contributed by atoms with Gasteiger partial charge in [0.2, 0.25) is 0 Å². The maximum absolute atomic E-state index is 12.1. The molecule has 1 aromatic carbocycles. The summed E-state index contributed by atoms with van der Waals surface area (Å²) in [6.07, 6.45) is 6.83. The van der Waals surface area contributed by atoms with E-state index in [1.54, 1.807) is 4.90 Å². The van der Waals surface area contributed by atoms with E-state index in [9.17, 15) is 4.79 Å². The molecule has 5 heteroatoms. The molecule has 1 atom stereocenters. The molecule has 1 amide bonds. The minimum Gasteiger partial charge on any atom is -0.449 e. The summed E-state index contributed by atoms with van der Waals surface area (Å²) in [4.78, 5) is 13.9. The molecule has 0 bridgehead atoms. The van der Waals surface area contributed by atoms with E-state index in [1.807, 2.05) is 18.2 Å². The molecule has 1 fully saturated rings. The molecule has 26 heavy (non-hydrogen) atoms. The second kappa shape index (κ2) is 8.09. The van der Waals surface area contributed by atoms with Crippen molar-refractivity contribution in [3.05, 3.63) is 41.6 Å². The van der Waals surface area contributed by atoms with E-state index in [1.165, 1.54) is 0 Å². The third-order valence-corrected chi connectivity index (χ3v) is 4.89. The van der Waals surface area contributed by atoms with Crippen molar-refractivity contribution in [1.29, 1.82) is 5.26 Å².